The molecule has 0 aliphatic carbocycles. The zero-order chi connectivity index (χ0) is 22.9. The van der Waals surface area contributed by atoms with Crippen molar-refractivity contribution in [1.82, 2.24) is 14.1 Å². The molecule has 4 rings (SSSR count). The van der Waals surface area contributed by atoms with Crippen LogP contribution < -0.4 is 4.72 Å². The molecule has 0 saturated carbocycles. The number of rotatable bonds is 7. The van der Waals surface area contributed by atoms with Crippen molar-refractivity contribution in [2.45, 2.75) is 33.6 Å². The van der Waals surface area contributed by atoms with Crippen molar-refractivity contribution in [1.29, 1.82) is 0 Å². The molecule has 0 fully saturated rings. The van der Waals surface area contributed by atoms with Crippen LogP contribution in [0.3, 0.4) is 0 Å². The average Bonchev–Trinajstić information content (AvgIpc) is 3.34. The number of aromatic nitrogens is 3. The lowest BCUT2D eigenvalue weighted by Crippen LogP contribution is -2.10. The lowest BCUT2D eigenvalue weighted by Gasteiger charge is -2.17. The Kier molecular flexibility index (Phi) is 5.93. The first kappa shape index (κ1) is 21.9. The second-order valence-corrected chi connectivity index (χ2v) is 9.81. The van der Waals surface area contributed by atoms with Gasteiger partial charge in [0.05, 0.1) is 11.9 Å². The standard InChI is InChI=1S/C25H28N4O2S/c1-5-6-23-12-14-25(20-7-10-22(11-8-20)28-16-15-26-19(28)3)29(23)24-13-9-21(17-18(24)2)27-32(4,30)31/h7-17,27H,5-6H2,1-4H3. The molecule has 0 radical (unpaired) electrons. The minimum Gasteiger partial charge on any atom is -0.313 e. The van der Waals surface area contributed by atoms with Gasteiger partial charge in [0.2, 0.25) is 10.0 Å². The SMILES string of the molecule is CCCc1ccc(-c2ccc(-n3ccnc3C)cc2)n1-c1ccc(NS(C)(=O)=O)cc1C. The number of anilines is 1. The number of sulfonamides is 1. The summed E-state index contributed by atoms with van der Waals surface area (Å²) >= 11 is 0. The van der Waals surface area contributed by atoms with Gasteiger partial charge in [-0.1, -0.05) is 25.5 Å². The molecule has 0 saturated heterocycles. The van der Waals surface area contributed by atoms with Gasteiger partial charge in [0.15, 0.2) is 0 Å². The van der Waals surface area contributed by atoms with Crippen LogP contribution in [0, 0.1) is 13.8 Å². The van der Waals surface area contributed by atoms with E-state index in [2.05, 4.69) is 62.2 Å². The molecule has 0 spiro atoms. The fourth-order valence-electron chi connectivity index (χ4n) is 4.07. The number of hydrogen-bond acceptors (Lipinski definition) is 3. The Balaban J connectivity index is 1.77. The second kappa shape index (κ2) is 8.67. The van der Waals surface area contributed by atoms with E-state index in [1.165, 1.54) is 5.69 Å². The first-order valence-electron chi connectivity index (χ1n) is 10.7. The highest BCUT2D eigenvalue weighted by Gasteiger charge is 2.15. The maximum Gasteiger partial charge on any atom is 0.229 e. The minimum absolute atomic E-state index is 0.569. The Labute approximate surface area is 189 Å². The summed E-state index contributed by atoms with van der Waals surface area (Å²) in [7, 11) is -3.32. The van der Waals surface area contributed by atoms with Crippen LogP contribution in [0.25, 0.3) is 22.6 Å². The number of nitrogens with one attached hydrogen (secondary N) is 1. The summed E-state index contributed by atoms with van der Waals surface area (Å²) < 4.78 is 30.1. The normalized spacial score (nSPS) is 11.6. The largest absolute Gasteiger partial charge is 0.313 e. The Morgan fingerprint density at radius 3 is 2.34 bits per heavy atom. The molecular formula is C25H28N4O2S. The summed E-state index contributed by atoms with van der Waals surface area (Å²) in [6.07, 6.45) is 6.91. The van der Waals surface area contributed by atoms with Gasteiger partial charge in [-0.25, -0.2) is 13.4 Å². The van der Waals surface area contributed by atoms with E-state index in [0.717, 1.165) is 53.1 Å². The third-order valence-electron chi connectivity index (χ3n) is 5.48. The van der Waals surface area contributed by atoms with Crippen LogP contribution in [-0.4, -0.2) is 28.8 Å². The van der Waals surface area contributed by atoms with Gasteiger partial charge >= 0.3 is 0 Å². The summed E-state index contributed by atoms with van der Waals surface area (Å²) in [5, 5.41) is 0. The summed E-state index contributed by atoms with van der Waals surface area (Å²) in [5.74, 6) is 0.949. The van der Waals surface area contributed by atoms with Crippen molar-refractivity contribution < 1.29 is 8.42 Å². The highest BCUT2D eigenvalue weighted by molar-refractivity contribution is 7.92. The van der Waals surface area contributed by atoms with Crippen molar-refractivity contribution in [2.24, 2.45) is 0 Å². The van der Waals surface area contributed by atoms with Crippen molar-refractivity contribution in [3.05, 3.63) is 84.1 Å². The summed E-state index contributed by atoms with van der Waals surface area (Å²) in [6, 6.07) is 18.5. The van der Waals surface area contributed by atoms with Crippen molar-refractivity contribution in [3.8, 4) is 22.6 Å². The predicted octanol–water partition coefficient (Wildman–Crippen LogP) is 5.27. The molecule has 0 atom stereocenters. The highest BCUT2D eigenvalue weighted by Crippen LogP contribution is 2.31. The molecule has 0 unspecified atom stereocenters. The molecule has 7 heteroatoms. The molecular weight excluding hydrogens is 420 g/mol. The Hall–Kier alpha value is -3.32. The van der Waals surface area contributed by atoms with Crippen molar-refractivity contribution >= 4 is 15.7 Å². The van der Waals surface area contributed by atoms with E-state index in [-0.39, 0.29) is 0 Å². The van der Waals surface area contributed by atoms with Crippen molar-refractivity contribution in [2.75, 3.05) is 11.0 Å². The molecule has 0 aliphatic heterocycles. The lowest BCUT2D eigenvalue weighted by atomic mass is 10.1. The molecule has 0 bridgehead atoms. The van der Waals surface area contributed by atoms with E-state index >= 15 is 0 Å². The molecule has 2 aromatic heterocycles. The molecule has 0 aliphatic rings. The quantitative estimate of drug-likeness (QED) is 0.419. The zero-order valence-corrected chi connectivity index (χ0v) is 19.6. The first-order chi connectivity index (χ1) is 15.3. The second-order valence-electron chi connectivity index (χ2n) is 8.06. The topological polar surface area (TPSA) is 68.9 Å². The molecule has 1 N–H and O–H groups in total. The van der Waals surface area contributed by atoms with E-state index in [4.69, 9.17) is 0 Å². The van der Waals surface area contributed by atoms with Gasteiger partial charge in [0.25, 0.3) is 0 Å². The smallest absolute Gasteiger partial charge is 0.229 e. The third kappa shape index (κ3) is 4.48. The number of hydrogen-bond donors (Lipinski definition) is 1. The van der Waals surface area contributed by atoms with Gasteiger partial charge in [0.1, 0.15) is 5.82 Å². The Morgan fingerprint density at radius 1 is 1.00 bits per heavy atom. The molecule has 2 aromatic carbocycles. The molecule has 0 amide bonds. The number of aryl methyl sites for hydroxylation is 3. The van der Waals surface area contributed by atoms with Crippen LogP contribution in [0.5, 0.6) is 0 Å². The van der Waals surface area contributed by atoms with E-state index in [1.54, 1.807) is 6.20 Å². The summed E-state index contributed by atoms with van der Waals surface area (Å²) in [6.45, 7) is 6.17. The molecule has 2 heterocycles. The van der Waals surface area contributed by atoms with Gasteiger partial charge in [-0.05, 0) is 73.9 Å². The summed E-state index contributed by atoms with van der Waals surface area (Å²) in [4.78, 5) is 4.31. The molecule has 4 aromatic rings. The van der Waals surface area contributed by atoms with Gasteiger partial charge < -0.3 is 9.13 Å². The van der Waals surface area contributed by atoms with E-state index in [0.29, 0.717) is 5.69 Å². The third-order valence-corrected chi connectivity index (χ3v) is 6.08. The number of nitrogens with zero attached hydrogens (tertiary/aromatic N) is 3. The molecule has 32 heavy (non-hydrogen) atoms. The Morgan fingerprint density at radius 2 is 1.75 bits per heavy atom. The van der Waals surface area contributed by atoms with Gasteiger partial charge in [-0.2, -0.15) is 0 Å². The van der Waals surface area contributed by atoms with Gasteiger partial charge in [-0.15, -0.1) is 0 Å². The van der Waals surface area contributed by atoms with E-state index < -0.39 is 10.0 Å². The zero-order valence-electron chi connectivity index (χ0n) is 18.8. The fraction of sp³-hybridized carbons (Fsp3) is 0.240. The van der Waals surface area contributed by atoms with Crippen LogP contribution in [0.1, 0.15) is 30.4 Å². The van der Waals surface area contributed by atoms with Crippen LogP contribution in [0.2, 0.25) is 0 Å². The van der Waals surface area contributed by atoms with Crippen LogP contribution >= 0.6 is 0 Å². The summed E-state index contributed by atoms with van der Waals surface area (Å²) in [5.41, 5.74) is 7.13. The Bertz CT molecular complexity index is 1350. The fourth-order valence-corrected chi connectivity index (χ4v) is 4.62. The molecule has 166 valence electrons. The maximum atomic E-state index is 11.6. The number of benzene rings is 2. The number of imidazole rings is 1. The maximum absolute atomic E-state index is 11.6. The average molecular weight is 449 g/mol. The minimum atomic E-state index is -3.32. The van der Waals surface area contributed by atoms with Crippen LogP contribution in [0.4, 0.5) is 5.69 Å². The van der Waals surface area contributed by atoms with Crippen LogP contribution in [0.15, 0.2) is 67.0 Å². The van der Waals surface area contributed by atoms with Crippen LogP contribution in [-0.2, 0) is 16.4 Å². The molecule has 6 nitrogen and oxygen atoms in total. The van der Waals surface area contributed by atoms with Gasteiger partial charge in [-0.3, -0.25) is 4.72 Å². The van der Waals surface area contributed by atoms with Crippen molar-refractivity contribution in [3.63, 3.8) is 0 Å². The van der Waals surface area contributed by atoms with Gasteiger partial charge in [0, 0.05) is 35.1 Å². The highest BCUT2D eigenvalue weighted by atomic mass is 32.2. The predicted molar refractivity (Wildman–Crippen MR) is 130 cm³/mol. The van der Waals surface area contributed by atoms with E-state index in [9.17, 15) is 8.42 Å². The lowest BCUT2D eigenvalue weighted by molar-refractivity contribution is 0.607. The monoisotopic (exact) mass is 448 g/mol. The first-order valence-corrected chi connectivity index (χ1v) is 12.6. The van der Waals surface area contributed by atoms with E-state index in [1.807, 2.05) is 38.2 Å².